The van der Waals surface area contributed by atoms with Crippen LogP contribution in [0, 0.1) is 0 Å². The van der Waals surface area contributed by atoms with Crippen molar-refractivity contribution in [3.8, 4) is 0 Å². The summed E-state index contributed by atoms with van der Waals surface area (Å²) in [7, 11) is 1.71. The van der Waals surface area contributed by atoms with Crippen molar-refractivity contribution in [3.05, 3.63) is 29.8 Å². The maximum Gasteiger partial charge on any atom is 0.253 e. The van der Waals surface area contributed by atoms with Crippen molar-refractivity contribution in [1.29, 1.82) is 0 Å². The molecule has 0 atom stereocenters. The van der Waals surface area contributed by atoms with Crippen LogP contribution in [0.3, 0.4) is 0 Å². The van der Waals surface area contributed by atoms with Crippen LogP contribution in [0.4, 0.5) is 5.69 Å². The lowest BCUT2D eigenvalue weighted by Crippen LogP contribution is -2.48. The summed E-state index contributed by atoms with van der Waals surface area (Å²) in [4.78, 5) is 18.5. The zero-order valence-corrected chi connectivity index (χ0v) is 13.8. The highest BCUT2D eigenvalue weighted by Crippen LogP contribution is 2.18. The van der Waals surface area contributed by atoms with Crippen LogP contribution in [0.2, 0.25) is 0 Å². The van der Waals surface area contributed by atoms with Gasteiger partial charge < -0.3 is 14.9 Å². The Bertz CT molecular complexity index is 479. The molecule has 22 heavy (non-hydrogen) atoms. The third kappa shape index (κ3) is 3.99. The molecule has 0 saturated carbocycles. The van der Waals surface area contributed by atoms with Gasteiger partial charge in [-0.05, 0) is 38.1 Å². The van der Waals surface area contributed by atoms with Gasteiger partial charge in [0.15, 0.2) is 0 Å². The van der Waals surface area contributed by atoms with Gasteiger partial charge in [0.25, 0.3) is 5.91 Å². The molecule has 0 spiro atoms. The summed E-state index contributed by atoms with van der Waals surface area (Å²) in [6, 6.07) is 8.39. The Morgan fingerprint density at radius 3 is 2.27 bits per heavy atom. The van der Waals surface area contributed by atoms with Crippen LogP contribution in [0.15, 0.2) is 24.3 Å². The predicted molar refractivity (Wildman–Crippen MR) is 89.4 cm³/mol. The molecule has 0 bridgehead atoms. The van der Waals surface area contributed by atoms with Crippen molar-refractivity contribution in [3.63, 3.8) is 0 Å². The van der Waals surface area contributed by atoms with Crippen molar-refractivity contribution in [2.24, 2.45) is 0 Å². The van der Waals surface area contributed by atoms with E-state index in [4.69, 9.17) is 5.11 Å². The molecule has 5 heteroatoms. The van der Waals surface area contributed by atoms with Gasteiger partial charge in [-0.3, -0.25) is 9.69 Å². The minimum Gasteiger partial charge on any atom is -0.395 e. The van der Waals surface area contributed by atoms with Crippen molar-refractivity contribution < 1.29 is 9.90 Å². The third-order valence-electron chi connectivity index (χ3n) is 4.31. The lowest BCUT2D eigenvalue weighted by molar-refractivity contribution is 0.0767. The Balaban J connectivity index is 1.96. The average molecular weight is 305 g/mol. The summed E-state index contributed by atoms with van der Waals surface area (Å²) in [5, 5.41) is 8.90. The molecule has 1 aliphatic heterocycles. The van der Waals surface area contributed by atoms with E-state index in [-0.39, 0.29) is 12.5 Å². The van der Waals surface area contributed by atoms with Gasteiger partial charge in [0.05, 0.1) is 6.61 Å². The fourth-order valence-corrected chi connectivity index (χ4v) is 2.78. The molecule has 2 rings (SSSR count). The highest BCUT2D eigenvalue weighted by Gasteiger charge is 2.19. The zero-order chi connectivity index (χ0) is 16.1. The van der Waals surface area contributed by atoms with Gasteiger partial charge in [0, 0.05) is 57.1 Å². The highest BCUT2D eigenvalue weighted by atomic mass is 16.3. The standard InChI is InChI=1S/C17H27N3O2/c1-14(2)19-8-10-20(11-9-19)16-6-4-15(5-7-16)17(22)18(3)12-13-21/h4-7,14,21H,8-13H2,1-3H3. The first kappa shape index (κ1) is 16.8. The molecule has 0 aliphatic carbocycles. The van der Waals surface area contributed by atoms with E-state index >= 15 is 0 Å². The number of nitrogens with zero attached hydrogens (tertiary/aromatic N) is 3. The van der Waals surface area contributed by atoms with Crippen LogP contribution in [0.25, 0.3) is 0 Å². The van der Waals surface area contributed by atoms with Gasteiger partial charge in [-0.25, -0.2) is 0 Å². The Morgan fingerprint density at radius 2 is 1.77 bits per heavy atom. The Labute approximate surface area is 133 Å². The second kappa shape index (κ2) is 7.61. The first-order valence-electron chi connectivity index (χ1n) is 7.98. The number of aliphatic hydroxyl groups excluding tert-OH is 1. The monoisotopic (exact) mass is 305 g/mol. The molecule has 122 valence electrons. The van der Waals surface area contributed by atoms with E-state index in [0.717, 1.165) is 26.2 Å². The number of hydrogen-bond donors (Lipinski definition) is 1. The van der Waals surface area contributed by atoms with Crippen LogP contribution in [-0.2, 0) is 0 Å². The van der Waals surface area contributed by atoms with Gasteiger partial charge in [0.1, 0.15) is 0 Å². The molecule has 5 nitrogen and oxygen atoms in total. The van der Waals surface area contributed by atoms with Crippen molar-refractivity contribution in [2.45, 2.75) is 19.9 Å². The minimum absolute atomic E-state index is 0.0134. The topological polar surface area (TPSA) is 47.0 Å². The van der Waals surface area contributed by atoms with Crippen molar-refractivity contribution in [2.75, 3.05) is 51.3 Å². The Kier molecular flexibility index (Phi) is 5.80. The normalized spacial score (nSPS) is 16.1. The number of aliphatic hydroxyl groups is 1. The smallest absolute Gasteiger partial charge is 0.253 e. The largest absolute Gasteiger partial charge is 0.395 e. The Morgan fingerprint density at radius 1 is 1.18 bits per heavy atom. The highest BCUT2D eigenvalue weighted by molar-refractivity contribution is 5.94. The maximum atomic E-state index is 12.1. The lowest BCUT2D eigenvalue weighted by atomic mass is 10.1. The van der Waals surface area contributed by atoms with Gasteiger partial charge in [-0.1, -0.05) is 0 Å². The summed E-state index contributed by atoms with van der Waals surface area (Å²) >= 11 is 0. The summed E-state index contributed by atoms with van der Waals surface area (Å²) in [5.41, 5.74) is 1.84. The number of amides is 1. The molecule has 1 aromatic carbocycles. The number of carbonyl (C=O) groups is 1. The minimum atomic E-state index is -0.0507. The average Bonchev–Trinajstić information content (AvgIpc) is 2.54. The van der Waals surface area contributed by atoms with Gasteiger partial charge in [-0.15, -0.1) is 0 Å². The molecule has 1 saturated heterocycles. The fourth-order valence-electron chi connectivity index (χ4n) is 2.78. The molecule has 1 amide bonds. The van der Waals surface area contributed by atoms with E-state index < -0.39 is 0 Å². The van der Waals surface area contributed by atoms with Crippen LogP contribution in [0.1, 0.15) is 24.2 Å². The molecular weight excluding hydrogens is 278 g/mol. The molecule has 1 aromatic rings. The van der Waals surface area contributed by atoms with E-state index in [2.05, 4.69) is 23.6 Å². The molecule has 0 radical (unpaired) electrons. The van der Waals surface area contributed by atoms with Gasteiger partial charge >= 0.3 is 0 Å². The summed E-state index contributed by atoms with van der Waals surface area (Å²) < 4.78 is 0. The number of anilines is 1. The molecule has 1 heterocycles. The van der Waals surface area contributed by atoms with Gasteiger partial charge in [-0.2, -0.15) is 0 Å². The lowest BCUT2D eigenvalue weighted by Gasteiger charge is -2.38. The summed E-state index contributed by atoms with van der Waals surface area (Å²) in [6.07, 6.45) is 0. The van der Waals surface area contributed by atoms with E-state index in [1.54, 1.807) is 7.05 Å². The number of carbonyl (C=O) groups excluding carboxylic acids is 1. The first-order valence-corrected chi connectivity index (χ1v) is 7.98. The maximum absolute atomic E-state index is 12.1. The van der Waals surface area contributed by atoms with Crippen LogP contribution in [-0.4, -0.2) is 73.2 Å². The predicted octanol–water partition coefficient (Wildman–Crippen LogP) is 1.28. The number of piperazine rings is 1. The van der Waals surface area contributed by atoms with E-state index in [0.29, 0.717) is 18.2 Å². The zero-order valence-electron chi connectivity index (χ0n) is 13.8. The van der Waals surface area contributed by atoms with Crippen molar-refractivity contribution >= 4 is 11.6 Å². The first-order chi connectivity index (χ1) is 10.5. The van der Waals surface area contributed by atoms with E-state index in [1.165, 1.54) is 10.6 Å². The molecule has 1 fully saturated rings. The molecular formula is C17H27N3O2. The van der Waals surface area contributed by atoms with Gasteiger partial charge in [0.2, 0.25) is 0 Å². The van der Waals surface area contributed by atoms with Crippen LogP contribution >= 0.6 is 0 Å². The van der Waals surface area contributed by atoms with Crippen LogP contribution in [0.5, 0.6) is 0 Å². The molecule has 1 N–H and O–H groups in total. The number of benzene rings is 1. The SMILES string of the molecule is CC(C)N1CCN(c2ccc(C(=O)N(C)CCO)cc2)CC1. The summed E-state index contributed by atoms with van der Waals surface area (Å²) in [6.45, 7) is 9.02. The molecule has 0 aromatic heterocycles. The number of hydrogen-bond acceptors (Lipinski definition) is 4. The Hall–Kier alpha value is -1.59. The van der Waals surface area contributed by atoms with E-state index in [1.807, 2.05) is 24.3 Å². The second-order valence-electron chi connectivity index (χ2n) is 6.11. The quantitative estimate of drug-likeness (QED) is 0.890. The van der Waals surface area contributed by atoms with Crippen molar-refractivity contribution in [1.82, 2.24) is 9.80 Å². The third-order valence-corrected chi connectivity index (χ3v) is 4.31. The van der Waals surface area contributed by atoms with E-state index in [9.17, 15) is 4.79 Å². The number of likely N-dealkylation sites (N-methyl/N-ethyl adjacent to an activating group) is 1. The fraction of sp³-hybridized carbons (Fsp3) is 0.588. The van der Waals surface area contributed by atoms with Crippen LogP contribution < -0.4 is 4.90 Å². The number of rotatable bonds is 5. The second-order valence-corrected chi connectivity index (χ2v) is 6.11. The molecule has 1 aliphatic rings. The molecule has 0 unspecified atom stereocenters. The summed E-state index contributed by atoms with van der Waals surface area (Å²) in [5.74, 6) is -0.0507.